The van der Waals surface area contributed by atoms with Crippen molar-refractivity contribution in [1.29, 1.82) is 0 Å². The van der Waals surface area contributed by atoms with Crippen LogP contribution in [0.3, 0.4) is 0 Å². The third-order valence-corrected chi connectivity index (χ3v) is 5.56. The zero-order valence-corrected chi connectivity index (χ0v) is 16.5. The first-order valence-corrected chi connectivity index (χ1v) is 10.0. The minimum absolute atomic E-state index is 0.123. The second-order valence-electron chi connectivity index (χ2n) is 5.89. The average molecular weight is 433 g/mol. The first kappa shape index (κ1) is 18.7. The SMILES string of the molecule is Cc1ccc(NC(=O)CSCCN2C(=O)c3ccccc3C2=O)c(Br)c1. The number of thioether (sulfide) groups is 1. The molecule has 0 unspecified atom stereocenters. The summed E-state index contributed by atoms with van der Waals surface area (Å²) in [5.74, 6) is 0.109. The van der Waals surface area contributed by atoms with Gasteiger partial charge >= 0.3 is 0 Å². The van der Waals surface area contributed by atoms with E-state index in [0.717, 1.165) is 15.7 Å². The molecule has 7 heteroatoms. The van der Waals surface area contributed by atoms with E-state index >= 15 is 0 Å². The second-order valence-corrected chi connectivity index (χ2v) is 7.85. The molecule has 26 heavy (non-hydrogen) atoms. The summed E-state index contributed by atoms with van der Waals surface area (Å²) >= 11 is 4.81. The molecule has 0 aromatic heterocycles. The molecule has 1 aliphatic rings. The number of nitrogens with one attached hydrogen (secondary N) is 1. The van der Waals surface area contributed by atoms with Crippen LogP contribution in [0, 0.1) is 6.92 Å². The molecule has 134 valence electrons. The summed E-state index contributed by atoms with van der Waals surface area (Å²) in [6, 6.07) is 12.5. The van der Waals surface area contributed by atoms with Crippen molar-refractivity contribution in [3.8, 4) is 0 Å². The van der Waals surface area contributed by atoms with Crippen LogP contribution in [0.2, 0.25) is 0 Å². The van der Waals surface area contributed by atoms with Gasteiger partial charge in [0.15, 0.2) is 0 Å². The number of hydrogen-bond donors (Lipinski definition) is 1. The smallest absolute Gasteiger partial charge is 0.261 e. The van der Waals surface area contributed by atoms with E-state index in [2.05, 4.69) is 21.2 Å². The van der Waals surface area contributed by atoms with E-state index in [4.69, 9.17) is 0 Å². The van der Waals surface area contributed by atoms with Crippen LogP contribution >= 0.6 is 27.7 Å². The Kier molecular flexibility index (Phi) is 5.78. The van der Waals surface area contributed by atoms with Crippen molar-refractivity contribution in [2.75, 3.05) is 23.4 Å². The van der Waals surface area contributed by atoms with E-state index in [1.165, 1.54) is 16.7 Å². The van der Waals surface area contributed by atoms with Crippen LogP contribution in [-0.4, -0.2) is 40.7 Å². The van der Waals surface area contributed by atoms with Crippen LogP contribution in [0.1, 0.15) is 26.3 Å². The maximum Gasteiger partial charge on any atom is 0.261 e. The zero-order valence-electron chi connectivity index (χ0n) is 14.1. The molecule has 0 radical (unpaired) electrons. The lowest BCUT2D eigenvalue weighted by atomic mass is 10.1. The van der Waals surface area contributed by atoms with Gasteiger partial charge in [-0.25, -0.2) is 0 Å². The van der Waals surface area contributed by atoms with Gasteiger partial charge in [0.05, 0.1) is 22.6 Å². The molecule has 3 amide bonds. The molecule has 2 aromatic rings. The average Bonchev–Trinajstić information content (AvgIpc) is 2.86. The molecular weight excluding hydrogens is 416 g/mol. The number of aryl methyl sites for hydroxylation is 1. The van der Waals surface area contributed by atoms with E-state index in [1.807, 2.05) is 25.1 Å². The van der Waals surface area contributed by atoms with Gasteiger partial charge in [0, 0.05) is 16.8 Å². The first-order valence-electron chi connectivity index (χ1n) is 8.06. The van der Waals surface area contributed by atoms with Gasteiger partial charge in [0.2, 0.25) is 5.91 Å². The van der Waals surface area contributed by atoms with Gasteiger partial charge in [0.1, 0.15) is 0 Å². The van der Waals surface area contributed by atoms with E-state index in [0.29, 0.717) is 23.4 Å². The largest absolute Gasteiger partial charge is 0.324 e. The summed E-state index contributed by atoms with van der Waals surface area (Å²) in [5, 5.41) is 2.84. The predicted octanol–water partition coefficient (Wildman–Crippen LogP) is 3.73. The number of imide groups is 1. The Labute approximate surface area is 164 Å². The van der Waals surface area contributed by atoms with Crippen molar-refractivity contribution in [1.82, 2.24) is 4.90 Å². The Hall–Kier alpha value is -2.12. The predicted molar refractivity (Wildman–Crippen MR) is 107 cm³/mol. The Morgan fingerprint density at radius 2 is 1.77 bits per heavy atom. The topological polar surface area (TPSA) is 66.5 Å². The third kappa shape index (κ3) is 3.99. The second kappa shape index (κ2) is 8.05. The Morgan fingerprint density at radius 3 is 2.38 bits per heavy atom. The summed E-state index contributed by atoms with van der Waals surface area (Å²) in [4.78, 5) is 37.8. The maximum absolute atomic E-state index is 12.3. The fraction of sp³-hybridized carbons (Fsp3) is 0.211. The molecule has 0 saturated carbocycles. The molecule has 0 aliphatic carbocycles. The van der Waals surface area contributed by atoms with Crippen LogP contribution in [-0.2, 0) is 4.79 Å². The molecule has 1 heterocycles. The fourth-order valence-electron chi connectivity index (χ4n) is 2.67. The lowest BCUT2D eigenvalue weighted by molar-refractivity contribution is -0.113. The molecule has 0 atom stereocenters. The number of carbonyl (C=O) groups is 3. The van der Waals surface area contributed by atoms with Gasteiger partial charge < -0.3 is 5.32 Å². The van der Waals surface area contributed by atoms with Crippen molar-refractivity contribution in [3.63, 3.8) is 0 Å². The van der Waals surface area contributed by atoms with E-state index in [1.54, 1.807) is 24.3 Å². The highest BCUT2D eigenvalue weighted by Gasteiger charge is 2.34. The lowest BCUT2D eigenvalue weighted by Gasteiger charge is -2.13. The number of nitrogens with zero attached hydrogens (tertiary/aromatic N) is 1. The summed E-state index contributed by atoms with van der Waals surface area (Å²) in [6.45, 7) is 2.27. The molecule has 1 aliphatic heterocycles. The molecule has 1 N–H and O–H groups in total. The van der Waals surface area contributed by atoms with Crippen LogP contribution in [0.25, 0.3) is 0 Å². The molecule has 0 fully saturated rings. The Balaban J connectivity index is 1.47. The number of rotatable bonds is 6. The highest BCUT2D eigenvalue weighted by molar-refractivity contribution is 9.10. The van der Waals surface area contributed by atoms with Gasteiger partial charge in [-0.05, 0) is 52.7 Å². The van der Waals surface area contributed by atoms with Crippen molar-refractivity contribution < 1.29 is 14.4 Å². The Bertz CT molecular complexity index is 850. The van der Waals surface area contributed by atoms with Crippen LogP contribution in [0.15, 0.2) is 46.9 Å². The van der Waals surface area contributed by atoms with E-state index < -0.39 is 0 Å². The number of carbonyl (C=O) groups excluding carboxylic acids is 3. The van der Waals surface area contributed by atoms with Crippen LogP contribution < -0.4 is 5.32 Å². The number of fused-ring (bicyclic) bond motifs is 1. The highest BCUT2D eigenvalue weighted by atomic mass is 79.9. The van der Waals surface area contributed by atoms with Crippen molar-refractivity contribution in [2.45, 2.75) is 6.92 Å². The van der Waals surface area contributed by atoms with Crippen molar-refractivity contribution in [3.05, 3.63) is 63.6 Å². The first-order chi connectivity index (χ1) is 12.5. The van der Waals surface area contributed by atoms with Gasteiger partial charge in [-0.2, -0.15) is 11.8 Å². The van der Waals surface area contributed by atoms with Crippen LogP contribution in [0.5, 0.6) is 0 Å². The van der Waals surface area contributed by atoms with Crippen LogP contribution in [0.4, 0.5) is 5.69 Å². The quantitative estimate of drug-likeness (QED) is 0.557. The molecule has 5 nitrogen and oxygen atoms in total. The maximum atomic E-state index is 12.3. The zero-order chi connectivity index (χ0) is 18.7. The van der Waals surface area contributed by atoms with Gasteiger partial charge in [-0.1, -0.05) is 18.2 Å². The normalized spacial score (nSPS) is 13.1. The number of halogens is 1. The standard InChI is InChI=1S/C19H17BrN2O3S/c1-12-6-7-16(15(20)10-12)21-17(23)11-26-9-8-22-18(24)13-4-2-3-5-14(13)19(22)25/h2-7,10H,8-9,11H2,1H3,(H,21,23). The number of anilines is 1. The van der Waals surface area contributed by atoms with Gasteiger partial charge in [0.25, 0.3) is 11.8 Å². The summed E-state index contributed by atoms with van der Waals surface area (Å²) in [5.41, 5.74) is 2.72. The fourth-order valence-corrected chi connectivity index (χ4v) is 3.98. The summed E-state index contributed by atoms with van der Waals surface area (Å²) in [6.07, 6.45) is 0. The van der Waals surface area contributed by atoms with Gasteiger partial charge in [-0.3, -0.25) is 19.3 Å². The summed E-state index contributed by atoms with van der Waals surface area (Å²) < 4.78 is 0.835. The minimum Gasteiger partial charge on any atom is -0.324 e. The number of benzene rings is 2. The Morgan fingerprint density at radius 1 is 1.12 bits per heavy atom. The number of hydrogen-bond acceptors (Lipinski definition) is 4. The monoisotopic (exact) mass is 432 g/mol. The van der Waals surface area contributed by atoms with E-state index in [-0.39, 0.29) is 23.5 Å². The third-order valence-electron chi connectivity index (χ3n) is 3.97. The molecule has 0 saturated heterocycles. The molecule has 0 bridgehead atoms. The van der Waals surface area contributed by atoms with Crippen molar-refractivity contribution in [2.24, 2.45) is 0 Å². The minimum atomic E-state index is -0.265. The lowest BCUT2D eigenvalue weighted by Crippen LogP contribution is -2.32. The molecule has 2 aromatic carbocycles. The van der Waals surface area contributed by atoms with Gasteiger partial charge in [-0.15, -0.1) is 0 Å². The van der Waals surface area contributed by atoms with E-state index in [9.17, 15) is 14.4 Å². The van der Waals surface area contributed by atoms with Crippen molar-refractivity contribution >= 4 is 51.1 Å². The molecule has 0 spiro atoms. The number of amides is 3. The molecule has 3 rings (SSSR count). The highest BCUT2D eigenvalue weighted by Crippen LogP contribution is 2.24. The molecular formula is C19H17BrN2O3S. The summed E-state index contributed by atoms with van der Waals surface area (Å²) in [7, 11) is 0.